The Balaban J connectivity index is 2.18. The molecule has 5 heteroatoms. The number of aromatic nitrogens is 1. The zero-order chi connectivity index (χ0) is 13.1. The van der Waals surface area contributed by atoms with Gasteiger partial charge in [-0.3, -0.25) is 0 Å². The van der Waals surface area contributed by atoms with Gasteiger partial charge in [0.15, 0.2) is 5.75 Å². The SMILES string of the molecule is COc1c(Br)cc(Cl)cc1NCc1ccn(C)c1. The van der Waals surface area contributed by atoms with E-state index in [0.717, 1.165) is 22.5 Å². The van der Waals surface area contributed by atoms with Crippen LogP contribution in [0.25, 0.3) is 0 Å². The number of nitrogens with one attached hydrogen (secondary N) is 1. The number of benzene rings is 1. The maximum atomic E-state index is 6.04. The van der Waals surface area contributed by atoms with Crippen LogP contribution in [0.5, 0.6) is 5.75 Å². The second-order valence-electron chi connectivity index (χ2n) is 4.01. The van der Waals surface area contributed by atoms with Gasteiger partial charge < -0.3 is 14.6 Å². The van der Waals surface area contributed by atoms with E-state index in [4.69, 9.17) is 16.3 Å². The first-order valence-electron chi connectivity index (χ1n) is 5.48. The van der Waals surface area contributed by atoms with Crippen LogP contribution in [0.4, 0.5) is 5.69 Å². The predicted octanol–water partition coefficient (Wildman–Crippen LogP) is 4.06. The molecule has 0 spiro atoms. The average molecular weight is 330 g/mol. The topological polar surface area (TPSA) is 26.2 Å². The molecule has 0 radical (unpaired) electrons. The summed E-state index contributed by atoms with van der Waals surface area (Å²) in [5.41, 5.74) is 2.08. The summed E-state index contributed by atoms with van der Waals surface area (Å²) in [5.74, 6) is 0.760. The largest absolute Gasteiger partial charge is 0.493 e. The highest BCUT2D eigenvalue weighted by Crippen LogP contribution is 2.36. The van der Waals surface area contributed by atoms with E-state index >= 15 is 0 Å². The van der Waals surface area contributed by atoms with Gasteiger partial charge in [-0.05, 0) is 39.7 Å². The molecule has 18 heavy (non-hydrogen) atoms. The molecular formula is C13H14BrClN2O. The fraction of sp³-hybridized carbons (Fsp3) is 0.231. The Morgan fingerprint density at radius 3 is 2.83 bits per heavy atom. The molecule has 1 heterocycles. The van der Waals surface area contributed by atoms with E-state index in [1.165, 1.54) is 5.56 Å². The number of anilines is 1. The zero-order valence-corrected chi connectivity index (χ0v) is 12.5. The van der Waals surface area contributed by atoms with Crippen LogP contribution >= 0.6 is 27.5 Å². The first kappa shape index (κ1) is 13.3. The van der Waals surface area contributed by atoms with Gasteiger partial charge >= 0.3 is 0 Å². The van der Waals surface area contributed by atoms with Gasteiger partial charge in [-0.25, -0.2) is 0 Å². The number of rotatable bonds is 4. The van der Waals surface area contributed by atoms with Gasteiger partial charge in [0.05, 0.1) is 17.3 Å². The lowest BCUT2D eigenvalue weighted by Crippen LogP contribution is -2.01. The van der Waals surface area contributed by atoms with Gasteiger partial charge in [0, 0.05) is 31.0 Å². The summed E-state index contributed by atoms with van der Waals surface area (Å²) in [7, 11) is 3.64. The summed E-state index contributed by atoms with van der Waals surface area (Å²) in [6, 6.07) is 5.74. The molecule has 0 amide bonds. The second-order valence-corrected chi connectivity index (χ2v) is 5.30. The van der Waals surface area contributed by atoms with E-state index in [2.05, 4.69) is 33.5 Å². The fourth-order valence-corrected chi connectivity index (χ4v) is 2.73. The Morgan fingerprint density at radius 2 is 2.22 bits per heavy atom. The molecule has 2 rings (SSSR count). The van der Waals surface area contributed by atoms with Crippen LogP contribution < -0.4 is 10.1 Å². The second kappa shape index (κ2) is 5.67. The monoisotopic (exact) mass is 328 g/mol. The van der Waals surface area contributed by atoms with Gasteiger partial charge in [-0.15, -0.1) is 0 Å². The van der Waals surface area contributed by atoms with Gasteiger partial charge in [0.25, 0.3) is 0 Å². The third kappa shape index (κ3) is 3.00. The van der Waals surface area contributed by atoms with Crippen molar-refractivity contribution in [3.05, 3.63) is 45.7 Å². The molecule has 96 valence electrons. The Bertz CT molecular complexity index is 554. The minimum atomic E-state index is 0.665. The van der Waals surface area contributed by atoms with Crippen LogP contribution in [-0.4, -0.2) is 11.7 Å². The van der Waals surface area contributed by atoms with Crippen LogP contribution in [0.1, 0.15) is 5.56 Å². The van der Waals surface area contributed by atoms with Crippen molar-refractivity contribution in [1.82, 2.24) is 4.57 Å². The van der Waals surface area contributed by atoms with Gasteiger partial charge in [0.1, 0.15) is 0 Å². The highest BCUT2D eigenvalue weighted by atomic mass is 79.9. The van der Waals surface area contributed by atoms with Crippen molar-refractivity contribution in [2.45, 2.75) is 6.54 Å². The number of ether oxygens (including phenoxy) is 1. The highest BCUT2D eigenvalue weighted by Gasteiger charge is 2.09. The Morgan fingerprint density at radius 1 is 1.44 bits per heavy atom. The first-order valence-corrected chi connectivity index (χ1v) is 6.65. The quantitative estimate of drug-likeness (QED) is 0.915. The van der Waals surface area contributed by atoms with Crippen LogP contribution in [-0.2, 0) is 13.6 Å². The zero-order valence-electron chi connectivity index (χ0n) is 10.2. The number of nitrogens with zero attached hydrogens (tertiary/aromatic N) is 1. The van der Waals surface area contributed by atoms with Gasteiger partial charge in [0.2, 0.25) is 0 Å². The fourth-order valence-electron chi connectivity index (χ4n) is 1.76. The third-order valence-corrected chi connectivity index (χ3v) is 3.40. The molecule has 0 fully saturated rings. The summed E-state index contributed by atoms with van der Waals surface area (Å²) in [6.07, 6.45) is 4.08. The van der Waals surface area contributed by atoms with Crippen molar-refractivity contribution >= 4 is 33.2 Å². The highest BCUT2D eigenvalue weighted by molar-refractivity contribution is 9.10. The van der Waals surface area contributed by atoms with Crippen LogP contribution in [0.2, 0.25) is 5.02 Å². The summed E-state index contributed by atoms with van der Waals surface area (Å²) < 4.78 is 8.21. The summed E-state index contributed by atoms with van der Waals surface area (Å²) >= 11 is 9.47. The summed E-state index contributed by atoms with van der Waals surface area (Å²) in [5, 5.41) is 3.99. The smallest absolute Gasteiger partial charge is 0.156 e. The van der Waals surface area contributed by atoms with E-state index in [-0.39, 0.29) is 0 Å². The van der Waals surface area contributed by atoms with Crippen LogP contribution in [0, 0.1) is 0 Å². The number of methoxy groups -OCH3 is 1. The molecule has 1 aromatic heterocycles. The van der Waals surface area contributed by atoms with Crippen molar-refractivity contribution in [3.63, 3.8) is 0 Å². The Kier molecular flexibility index (Phi) is 4.19. The Labute approximate surface area is 120 Å². The van der Waals surface area contributed by atoms with E-state index in [9.17, 15) is 0 Å². The minimum absolute atomic E-state index is 0.665. The molecule has 1 aromatic carbocycles. The normalized spacial score (nSPS) is 10.4. The maximum absolute atomic E-state index is 6.04. The number of hydrogen-bond donors (Lipinski definition) is 1. The van der Waals surface area contributed by atoms with Crippen molar-refractivity contribution in [2.75, 3.05) is 12.4 Å². The maximum Gasteiger partial charge on any atom is 0.156 e. The summed E-state index contributed by atoms with van der Waals surface area (Å²) in [6.45, 7) is 0.726. The molecule has 0 bridgehead atoms. The van der Waals surface area contributed by atoms with Gasteiger partial charge in [-0.2, -0.15) is 0 Å². The molecule has 0 saturated carbocycles. The van der Waals surface area contributed by atoms with E-state index < -0.39 is 0 Å². The molecule has 0 atom stereocenters. The number of halogens is 2. The van der Waals surface area contributed by atoms with Crippen LogP contribution in [0.3, 0.4) is 0 Å². The third-order valence-electron chi connectivity index (χ3n) is 2.59. The molecule has 1 N–H and O–H groups in total. The van der Waals surface area contributed by atoms with E-state index in [1.54, 1.807) is 7.11 Å². The molecule has 3 nitrogen and oxygen atoms in total. The number of hydrogen-bond acceptors (Lipinski definition) is 2. The molecule has 0 aliphatic rings. The van der Waals surface area contributed by atoms with E-state index in [0.29, 0.717) is 5.02 Å². The molecular weight excluding hydrogens is 316 g/mol. The lowest BCUT2D eigenvalue weighted by atomic mass is 10.2. The predicted molar refractivity (Wildman–Crippen MR) is 78.4 cm³/mol. The average Bonchev–Trinajstić information content (AvgIpc) is 2.72. The Hall–Kier alpha value is -1.13. The standard InChI is InChI=1S/C13H14BrClN2O/c1-17-4-3-9(8-17)7-16-12-6-10(15)5-11(14)13(12)18-2/h3-6,8,16H,7H2,1-2H3. The molecule has 0 aliphatic carbocycles. The molecule has 0 aliphatic heterocycles. The van der Waals surface area contributed by atoms with Crippen molar-refractivity contribution in [3.8, 4) is 5.75 Å². The molecule has 2 aromatic rings. The molecule has 0 unspecified atom stereocenters. The first-order chi connectivity index (χ1) is 8.60. The van der Waals surface area contributed by atoms with Crippen molar-refractivity contribution in [2.24, 2.45) is 7.05 Å². The molecule has 0 saturated heterocycles. The van der Waals surface area contributed by atoms with Crippen molar-refractivity contribution in [1.29, 1.82) is 0 Å². The van der Waals surface area contributed by atoms with Gasteiger partial charge in [-0.1, -0.05) is 11.6 Å². The van der Waals surface area contributed by atoms with Crippen LogP contribution in [0.15, 0.2) is 35.1 Å². The number of aryl methyl sites for hydroxylation is 1. The lowest BCUT2D eigenvalue weighted by molar-refractivity contribution is 0.414. The van der Waals surface area contributed by atoms with E-state index in [1.807, 2.05) is 29.9 Å². The summed E-state index contributed by atoms with van der Waals surface area (Å²) in [4.78, 5) is 0. The minimum Gasteiger partial charge on any atom is -0.493 e. The lowest BCUT2D eigenvalue weighted by Gasteiger charge is -2.12. The van der Waals surface area contributed by atoms with Crippen molar-refractivity contribution < 1.29 is 4.74 Å².